The minimum absolute atomic E-state index is 0.886. The zero-order chi connectivity index (χ0) is 8.97. The van der Waals surface area contributed by atoms with Gasteiger partial charge in [-0.1, -0.05) is 25.5 Å². The summed E-state index contributed by atoms with van der Waals surface area (Å²) in [5.74, 6) is 1.87. The molecular weight excluding hydrogens is 144 g/mol. The van der Waals surface area contributed by atoms with Crippen molar-refractivity contribution in [3.63, 3.8) is 0 Å². The first-order chi connectivity index (χ1) is 5.70. The summed E-state index contributed by atoms with van der Waals surface area (Å²) < 4.78 is 0. The van der Waals surface area contributed by atoms with E-state index in [1.165, 1.54) is 32.1 Å². The van der Waals surface area contributed by atoms with E-state index in [4.69, 9.17) is 0 Å². The molecule has 0 bridgehead atoms. The Hall–Kier alpha value is -0.260. The van der Waals surface area contributed by atoms with Gasteiger partial charge in [-0.25, -0.2) is 0 Å². The maximum atomic E-state index is 2.44. The molecule has 0 radical (unpaired) electrons. The number of rotatable bonds is 1. The van der Waals surface area contributed by atoms with Crippen LogP contribution in [0.2, 0.25) is 0 Å². The SMILES string of the molecule is CC1=CCCC(C(C)C)CCC1. The second-order valence-electron chi connectivity index (χ2n) is 4.52. The van der Waals surface area contributed by atoms with Crippen molar-refractivity contribution in [2.24, 2.45) is 11.8 Å². The van der Waals surface area contributed by atoms with Crippen LogP contribution in [0.25, 0.3) is 0 Å². The van der Waals surface area contributed by atoms with Gasteiger partial charge >= 0.3 is 0 Å². The standard InChI is InChI=1S/C12H22/c1-10(2)12-8-4-6-11(3)7-5-9-12/h6,10,12H,4-5,7-9H2,1-3H3. The van der Waals surface area contributed by atoms with Gasteiger partial charge in [-0.3, -0.25) is 0 Å². The quantitative estimate of drug-likeness (QED) is 0.513. The Morgan fingerprint density at radius 1 is 1.33 bits per heavy atom. The van der Waals surface area contributed by atoms with Crippen molar-refractivity contribution in [1.82, 2.24) is 0 Å². The minimum Gasteiger partial charge on any atom is -0.0856 e. The molecule has 1 aliphatic carbocycles. The van der Waals surface area contributed by atoms with Crippen molar-refractivity contribution in [2.45, 2.75) is 52.9 Å². The Morgan fingerprint density at radius 2 is 2.08 bits per heavy atom. The molecule has 0 heteroatoms. The van der Waals surface area contributed by atoms with Crippen LogP contribution in [-0.2, 0) is 0 Å². The average molecular weight is 166 g/mol. The molecule has 0 N–H and O–H groups in total. The Kier molecular flexibility index (Phi) is 3.84. The summed E-state index contributed by atoms with van der Waals surface area (Å²) >= 11 is 0. The fourth-order valence-corrected chi connectivity index (χ4v) is 2.10. The van der Waals surface area contributed by atoms with Crippen molar-refractivity contribution < 1.29 is 0 Å². The maximum absolute atomic E-state index is 2.44. The molecule has 12 heavy (non-hydrogen) atoms. The molecule has 0 fully saturated rings. The molecule has 0 spiro atoms. The summed E-state index contributed by atoms with van der Waals surface area (Å²) in [5.41, 5.74) is 1.61. The largest absolute Gasteiger partial charge is 0.0856 e. The van der Waals surface area contributed by atoms with Gasteiger partial charge in [-0.2, -0.15) is 0 Å². The molecular formula is C12H22. The lowest BCUT2D eigenvalue weighted by Crippen LogP contribution is -2.09. The fraction of sp³-hybridized carbons (Fsp3) is 0.833. The molecule has 0 aromatic carbocycles. The molecule has 0 aromatic rings. The molecule has 0 saturated carbocycles. The molecule has 1 atom stereocenters. The molecule has 0 nitrogen and oxygen atoms in total. The molecule has 1 rings (SSSR count). The Balaban J connectivity index is 2.42. The molecule has 0 amide bonds. The van der Waals surface area contributed by atoms with Gasteiger partial charge < -0.3 is 0 Å². The van der Waals surface area contributed by atoms with E-state index in [9.17, 15) is 0 Å². The summed E-state index contributed by atoms with van der Waals surface area (Å²) in [6.45, 7) is 7.00. The van der Waals surface area contributed by atoms with Gasteiger partial charge in [0.1, 0.15) is 0 Å². The van der Waals surface area contributed by atoms with Crippen LogP contribution in [0, 0.1) is 11.8 Å². The third-order valence-electron chi connectivity index (χ3n) is 3.12. The van der Waals surface area contributed by atoms with E-state index in [1.807, 2.05) is 0 Å². The van der Waals surface area contributed by atoms with Crippen LogP contribution in [-0.4, -0.2) is 0 Å². The van der Waals surface area contributed by atoms with Crippen molar-refractivity contribution in [3.8, 4) is 0 Å². The highest BCUT2D eigenvalue weighted by molar-refractivity contribution is 4.99. The first-order valence-electron chi connectivity index (χ1n) is 5.36. The number of hydrogen-bond donors (Lipinski definition) is 0. The van der Waals surface area contributed by atoms with Gasteiger partial charge in [0.15, 0.2) is 0 Å². The first-order valence-corrected chi connectivity index (χ1v) is 5.36. The molecule has 0 aromatic heterocycles. The van der Waals surface area contributed by atoms with Crippen LogP contribution in [0.4, 0.5) is 0 Å². The van der Waals surface area contributed by atoms with Crippen molar-refractivity contribution in [2.75, 3.05) is 0 Å². The third kappa shape index (κ3) is 3.00. The van der Waals surface area contributed by atoms with Crippen LogP contribution >= 0.6 is 0 Å². The van der Waals surface area contributed by atoms with Crippen LogP contribution < -0.4 is 0 Å². The minimum atomic E-state index is 0.886. The lowest BCUT2D eigenvalue weighted by Gasteiger charge is -2.22. The summed E-state index contributed by atoms with van der Waals surface area (Å²) in [6.07, 6.45) is 9.36. The summed E-state index contributed by atoms with van der Waals surface area (Å²) in [7, 11) is 0. The first kappa shape index (κ1) is 9.83. The monoisotopic (exact) mass is 166 g/mol. The lowest BCUT2D eigenvalue weighted by molar-refractivity contribution is 0.327. The van der Waals surface area contributed by atoms with Gasteiger partial charge in [-0.05, 0) is 50.9 Å². The van der Waals surface area contributed by atoms with E-state index in [-0.39, 0.29) is 0 Å². The topological polar surface area (TPSA) is 0 Å². The van der Waals surface area contributed by atoms with Crippen LogP contribution in [0.5, 0.6) is 0 Å². The van der Waals surface area contributed by atoms with Crippen LogP contribution in [0.15, 0.2) is 11.6 Å². The Labute approximate surface area is 77.1 Å². The van der Waals surface area contributed by atoms with E-state index in [0.29, 0.717) is 0 Å². The van der Waals surface area contributed by atoms with Crippen molar-refractivity contribution in [3.05, 3.63) is 11.6 Å². The number of hydrogen-bond acceptors (Lipinski definition) is 0. The van der Waals surface area contributed by atoms with Crippen molar-refractivity contribution in [1.29, 1.82) is 0 Å². The van der Waals surface area contributed by atoms with E-state index in [0.717, 1.165) is 11.8 Å². The van der Waals surface area contributed by atoms with Crippen molar-refractivity contribution >= 4 is 0 Å². The average Bonchev–Trinajstić information content (AvgIpc) is 1.95. The summed E-state index contributed by atoms with van der Waals surface area (Å²) in [6, 6.07) is 0. The highest BCUT2D eigenvalue weighted by Crippen LogP contribution is 2.27. The van der Waals surface area contributed by atoms with E-state index < -0.39 is 0 Å². The summed E-state index contributed by atoms with van der Waals surface area (Å²) in [4.78, 5) is 0. The highest BCUT2D eigenvalue weighted by Gasteiger charge is 2.13. The second kappa shape index (κ2) is 4.69. The van der Waals surface area contributed by atoms with Gasteiger partial charge in [0.25, 0.3) is 0 Å². The Morgan fingerprint density at radius 3 is 2.75 bits per heavy atom. The predicted molar refractivity (Wildman–Crippen MR) is 55.2 cm³/mol. The van der Waals surface area contributed by atoms with Gasteiger partial charge in [0.2, 0.25) is 0 Å². The highest BCUT2D eigenvalue weighted by atomic mass is 14.2. The molecule has 1 aliphatic rings. The van der Waals surface area contributed by atoms with E-state index >= 15 is 0 Å². The number of allylic oxidation sites excluding steroid dienone is 2. The van der Waals surface area contributed by atoms with E-state index in [2.05, 4.69) is 26.8 Å². The van der Waals surface area contributed by atoms with Gasteiger partial charge in [0, 0.05) is 0 Å². The lowest BCUT2D eigenvalue weighted by atomic mass is 9.84. The smallest absolute Gasteiger partial charge is 0.0323 e. The molecule has 70 valence electrons. The Bertz CT molecular complexity index is 153. The van der Waals surface area contributed by atoms with Gasteiger partial charge in [-0.15, -0.1) is 0 Å². The normalized spacial score (nSPS) is 26.3. The van der Waals surface area contributed by atoms with E-state index in [1.54, 1.807) is 5.57 Å². The zero-order valence-electron chi connectivity index (χ0n) is 8.77. The molecule has 1 unspecified atom stereocenters. The fourth-order valence-electron chi connectivity index (χ4n) is 2.10. The third-order valence-corrected chi connectivity index (χ3v) is 3.12. The second-order valence-corrected chi connectivity index (χ2v) is 4.52. The van der Waals surface area contributed by atoms with Gasteiger partial charge in [0.05, 0.1) is 0 Å². The maximum Gasteiger partial charge on any atom is -0.0323 e. The van der Waals surface area contributed by atoms with Crippen LogP contribution in [0.1, 0.15) is 52.9 Å². The molecule has 0 heterocycles. The van der Waals surface area contributed by atoms with Crippen LogP contribution in [0.3, 0.4) is 0 Å². The predicted octanol–water partition coefficient (Wildman–Crippen LogP) is 4.17. The summed E-state index contributed by atoms with van der Waals surface area (Å²) in [5, 5.41) is 0. The zero-order valence-corrected chi connectivity index (χ0v) is 8.77. The molecule has 0 aliphatic heterocycles. The molecule has 0 saturated heterocycles.